The first-order valence-corrected chi connectivity index (χ1v) is 6.39. The fraction of sp³-hybridized carbons (Fsp3) is 0.125. The summed E-state index contributed by atoms with van der Waals surface area (Å²) in [6.07, 6.45) is 0. The molecule has 0 heterocycles. The molecule has 0 aromatic heterocycles. The van der Waals surface area contributed by atoms with Gasteiger partial charge in [-0.3, -0.25) is 0 Å². The van der Waals surface area contributed by atoms with Gasteiger partial charge in [0.25, 0.3) is 0 Å². The molecule has 2 aromatic rings. The van der Waals surface area contributed by atoms with Crippen molar-refractivity contribution in [3.05, 3.63) is 54.6 Å². The quantitative estimate of drug-likeness (QED) is 0.808. The Kier molecular flexibility index (Phi) is 4.56. The largest absolute Gasteiger partial charge is 0.333 e. The molecule has 0 fully saturated rings. The second-order valence-electron chi connectivity index (χ2n) is 4.34. The molecule has 0 amide bonds. The van der Waals surface area contributed by atoms with Crippen LogP contribution in [0.25, 0.3) is 11.1 Å². The summed E-state index contributed by atoms with van der Waals surface area (Å²) in [7, 11) is 0. The highest BCUT2D eigenvalue weighted by Crippen LogP contribution is 2.23. The first-order chi connectivity index (χ1) is 10.1. The summed E-state index contributed by atoms with van der Waals surface area (Å²) < 4.78 is 0. The predicted molar refractivity (Wildman–Crippen MR) is 77.9 cm³/mol. The Bertz CT molecular complexity index is 606. The van der Waals surface area contributed by atoms with Crippen molar-refractivity contribution in [2.45, 2.75) is 13.8 Å². The summed E-state index contributed by atoms with van der Waals surface area (Å²) >= 11 is 0. The first kappa shape index (κ1) is 14.6. The lowest BCUT2D eigenvalue weighted by molar-refractivity contribution is -0.171. The molecular formula is C16H15NO4. The second-order valence-corrected chi connectivity index (χ2v) is 4.34. The third-order valence-corrected chi connectivity index (χ3v) is 2.61. The van der Waals surface area contributed by atoms with E-state index in [2.05, 4.69) is 0 Å². The molecule has 0 aliphatic carbocycles. The van der Waals surface area contributed by atoms with Gasteiger partial charge in [0.05, 0.1) is 0 Å². The summed E-state index contributed by atoms with van der Waals surface area (Å²) in [6, 6.07) is 16.9. The monoisotopic (exact) mass is 285 g/mol. The van der Waals surface area contributed by atoms with Crippen LogP contribution in [0.5, 0.6) is 0 Å². The molecule has 0 radical (unpaired) electrons. The van der Waals surface area contributed by atoms with Gasteiger partial charge in [-0.05, 0) is 28.5 Å². The van der Waals surface area contributed by atoms with Gasteiger partial charge in [0.1, 0.15) is 5.69 Å². The molecule has 0 spiro atoms. The second kappa shape index (κ2) is 6.56. The molecule has 0 aliphatic rings. The molecule has 2 rings (SSSR count). The first-order valence-electron chi connectivity index (χ1n) is 6.39. The lowest BCUT2D eigenvalue weighted by Gasteiger charge is -2.19. The Labute approximate surface area is 122 Å². The number of carbonyl (C=O) groups excluding carboxylic acids is 2. The van der Waals surface area contributed by atoms with Crippen LogP contribution in [-0.2, 0) is 19.3 Å². The smallest absolute Gasteiger partial charge is 0.306 e. The molecular weight excluding hydrogens is 270 g/mol. The molecule has 108 valence electrons. The van der Waals surface area contributed by atoms with Crippen molar-refractivity contribution >= 4 is 17.6 Å². The van der Waals surface area contributed by atoms with Gasteiger partial charge in [0.15, 0.2) is 0 Å². The van der Waals surface area contributed by atoms with Gasteiger partial charge in [0, 0.05) is 13.8 Å². The molecule has 0 saturated heterocycles. The van der Waals surface area contributed by atoms with Crippen molar-refractivity contribution in [1.82, 2.24) is 0 Å². The zero-order valence-electron chi connectivity index (χ0n) is 11.8. The highest BCUT2D eigenvalue weighted by Gasteiger charge is 2.14. The van der Waals surface area contributed by atoms with E-state index in [-0.39, 0.29) is 0 Å². The van der Waals surface area contributed by atoms with Crippen molar-refractivity contribution in [3.8, 4) is 11.1 Å². The van der Waals surface area contributed by atoms with E-state index in [9.17, 15) is 9.59 Å². The number of rotatable bonds is 4. The van der Waals surface area contributed by atoms with Gasteiger partial charge < -0.3 is 9.68 Å². The van der Waals surface area contributed by atoms with Crippen LogP contribution >= 0.6 is 0 Å². The molecule has 21 heavy (non-hydrogen) atoms. The number of hydrogen-bond acceptors (Lipinski definition) is 5. The van der Waals surface area contributed by atoms with E-state index < -0.39 is 11.9 Å². The van der Waals surface area contributed by atoms with Crippen LogP contribution in [-0.4, -0.2) is 11.9 Å². The Morgan fingerprint density at radius 1 is 0.762 bits per heavy atom. The van der Waals surface area contributed by atoms with Crippen molar-refractivity contribution in [2.24, 2.45) is 0 Å². The Morgan fingerprint density at radius 2 is 1.24 bits per heavy atom. The highest BCUT2D eigenvalue weighted by molar-refractivity contribution is 5.71. The van der Waals surface area contributed by atoms with E-state index >= 15 is 0 Å². The lowest BCUT2D eigenvalue weighted by atomic mass is 10.1. The van der Waals surface area contributed by atoms with Gasteiger partial charge in [-0.1, -0.05) is 42.5 Å². The van der Waals surface area contributed by atoms with Crippen molar-refractivity contribution in [3.63, 3.8) is 0 Å². The minimum atomic E-state index is -0.580. The Morgan fingerprint density at radius 3 is 1.71 bits per heavy atom. The molecule has 0 N–H and O–H groups in total. The van der Waals surface area contributed by atoms with Crippen LogP contribution in [0.15, 0.2) is 54.6 Å². The van der Waals surface area contributed by atoms with E-state index in [4.69, 9.17) is 9.68 Å². The fourth-order valence-electron chi connectivity index (χ4n) is 1.76. The summed E-state index contributed by atoms with van der Waals surface area (Å²) in [6.45, 7) is 2.46. The normalized spacial score (nSPS) is 9.81. The van der Waals surface area contributed by atoms with Crippen LogP contribution in [0.1, 0.15) is 13.8 Å². The maximum absolute atomic E-state index is 11.0. The van der Waals surface area contributed by atoms with Crippen LogP contribution in [0, 0.1) is 0 Å². The number of benzene rings is 2. The predicted octanol–water partition coefficient (Wildman–Crippen LogP) is 3.12. The van der Waals surface area contributed by atoms with Gasteiger partial charge in [-0.15, -0.1) is 0 Å². The van der Waals surface area contributed by atoms with E-state index in [0.29, 0.717) is 5.69 Å². The van der Waals surface area contributed by atoms with Gasteiger partial charge >= 0.3 is 11.9 Å². The number of anilines is 1. The molecule has 0 aliphatic heterocycles. The van der Waals surface area contributed by atoms with Gasteiger partial charge in [0.2, 0.25) is 0 Å². The topological polar surface area (TPSA) is 55.8 Å². The minimum Gasteiger partial charge on any atom is -0.306 e. The maximum Gasteiger partial charge on any atom is 0.333 e. The highest BCUT2D eigenvalue weighted by atomic mass is 17.0. The zero-order valence-corrected chi connectivity index (χ0v) is 11.8. The van der Waals surface area contributed by atoms with E-state index in [0.717, 1.165) is 16.4 Å². The van der Waals surface area contributed by atoms with Gasteiger partial charge in [-0.2, -0.15) is 0 Å². The molecule has 0 saturated carbocycles. The molecule has 5 heteroatoms. The van der Waals surface area contributed by atoms with Crippen LogP contribution in [0.2, 0.25) is 0 Å². The SMILES string of the molecule is CC(=O)ON(OC(C)=O)c1ccc(-c2ccccc2)cc1. The van der Waals surface area contributed by atoms with Gasteiger partial charge in [-0.25, -0.2) is 9.59 Å². The molecule has 0 unspecified atom stereocenters. The number of hydrogen-bond donors (Lipinski definition) is 0. The summed E-state index contributed by atoms with van der Waals surface area (Å²) in [5.74, 6) is -1.16. The van der Waals surface area contributed by atoms with E-state index in [1.807, 2.05) is 42.5 Å². The average Bonchev–Trinajstić information content (AvgIpc) is 2.47. The fourth-order valence-corrected chi connectivity index (χ4v) is 1.76. The Hall–Kier alpha value is -2.82. The standard InChI is InChI=1S/C16H15NO4/c1-12(18)20-17(21-13(2)19)16-10-8-15(9-11-16)14-6-4-3-5-7-14/h3-11H,1-2H3. The van der Waals surface area contributed by atoms with E-state index in [1.165, 1.54) is 13.8 Å². The van der Waals surface area contributed by atoms with Crippen LogP contribution in [0.3, 0.4) is 0 Å². The van der Waals surface area contributed by atoms with Crippen LogP contribution < -0.4 is 5.23 Å². The molecule has 2 aromatic carbocycles. The molecule has 0 bridgehead atoms. The van der Waals surface area contributed by atoms with Crippen LogP contribution in [0.4, 0.5) is 5.69 Å². The summed E-state index contributed by atoms with van der Waals surface area (Å²) in [5, 5.41) is 0.805. The third-order valence-electron chi connectivity index (χ3n) is 2.61. The van der Waals surface area contributed by atoms with E-state index in [1.54, 1.807) is 12.1 Å². The molecule has 5 nitrogen and oxygen atoms in total. The third kappa shape index (κ3) is 4.07. The lowest BCUT2D eigenvalue weighted by Crippen LogP contribution is -2.28. The molecule has 0 atom stereocenters. The van der Waals surface area contributed by atoms with Crippen molar-refractivity contribution in [2.75, 3.05) is 5.23 Å². The number of carbonyl (C=O) groups is 2. The maximum atomic E-state index is 11.0. The minimum absolute atomic E-state index is 0.445. The average molecular weight is 285 g/mol. The van der Waals surface area contributed by atoms with Crippen molar-refractivity contribution in [1.29, 1.82) is 0 Å². The zero-order chi connectivity index (χ0) is 15.2. The summed E-state index contributed by atoms with van der Waals surface area (Å²) in [5.41, 5.74) is 2.51. The van der Waals surface area contributed by atoms with Crippen molar-refractivity contribution < 1.29 is 19.3 Å². The summed E-state index contributed by atoms with van der Waals surface area (Å²) in [4.78, 5) is 31.8. The number of nitrogens with zero attached hydrogens (tertiary/aromatic N) is 1. The Balaban J connectivity index is 2.22.